The lowest BCUT2D eigenvalue weighted by Gasteiger charge is -2.04. The van der Waals surface area contributed by atoms with Crippen LogP contribution in [0.2, 0.25) is 0 Å². The van der Waals surface area contributed by atoms with E-state index in [1.807, 2.05) is 36.5 Å². The molecule has 3 aromatic rings. The van der Waals surface area contributed by atoms with E-state index in [-0.39, 0.29) is 11.7 Å². The van der Waals surface area contributed by atoms with E-state index in [0.29, 0.717) is 18.4 Å². The highest BCUT2D eigenvalue weighted by atomic mass is 16.3. The summed E-state index contributed by atoms with van der Waals surface area (Å²) in [4.78, 5) is 15.2. The van der Waals surface area contributed by atoms with Gasteiger partial charge >= 0.3 is 0 Å². The second-order valence-electron chi connectivity index (χ2n) is 6.35. The second kappa shape index (κ2) is 8.85. The number of aryl methyl sites for hydroxylation is 1. The molecule has 0 saturated carbocycles. The molecule has 0 unspecified atom stereocenters. The van der Waals surface area contributed by atoms with E-state index < -0.39 is 0 Å². The lowest BCUT2D eigenvalue weighted by atomic mass is 10.1. The first kappa shape index (κ1) is 18.5. The summed E-state index contributed by atoms with van der Waals surface area (Å²) in [7, 11) is 0. The lowest BCUT2D eigenvalue weighted by molar-refractivity contribution is -0.121. The summed E-state index contributed by atoms with van der Waals surface area (Å²) in [6, 6.07) is 13.5. The maximum absolute atomic E-state index is 12.0. The normalized spacial score (nSPS) is 11.1. The van der Waals surface area contributed by atoms with E-state index in [1.165, 1.54) is 17.2 Å². The van der Waals surface area contributed by atoms with Crippen LogP contribution in [0.5, 0.6) is 5.75 Å². The van der Waals surface area contributed by atoms with Crippen LogP contribution < -0.4 is 5.43 Å². The number of H-pyrrole nitrogens is 1. The molecule has 3 rings (SSSR count). The molecule has 0 fully saturated rings. The average Bonchev–Trinajstić information content (AvgIpc) is 3.08. The van der Waals surface area contributed by atoms with Gasteiger partial charge < -0.3 is 10.1 Å². The number of amides is 1. The topological polar surface area (TPSA) is 77.5 Å². The molecule has 138 valence electrons. The predicted octanol–water partition coefficient (Wildman–Crippen LogP) is 4.08. The maximum atomic E-state index is 12.0. The van der Waals surface area contributed by atoms with Crippen LogP contribution in [-0.4, -0.2) is 22.2 Å². The molecule has 0 aliphatic heterocycles. The number of phenolic OH excluding ortho intramolecular Hbond substituents is 1. The molecule has 2 aromatic carbocycles. The third-order valence-electron chi connectivity index (χ3n) is 4.43. The Morgan fingerprint density at radius 2 is 2.04 bits per heavy atom. The zero-order chi connectivity index (χ0) is 19.1. The first-order chi connectivity index (χ1) is 13.2. The number of aromatic hydroxyl groups is 1. The number of aromatic amines is 1. The summed E-state index contributed by atoms with van der Waals surface area (Å²) < 4.78 is 0. The molecule has 1 amide bonds. The quantitative estimate of drug-likeness (QED) is 0.321. The fraction of sp³-hybridized carbons (Fsp3) is 0.182. The summed E-state index contributed by atoms with van der Waals surface area (Å²) in [5.74, 6) is 0.0163. The number of benzene rings is 2. The second-order valence-corrected chi connectivity index (χ2v) is 6.35. The van der Waals surface area contributed by atoms with Crippen molar-refractivity contribution in [3.63, 3.8) is 0 Å². The molecular formula is C22H23N3O2. The number of allylic oxidation sites excluding steroid dienone is 1. The number of nitrogens with zero attached hydrogens (tertiary/aromatic N) is 1. The van der Waals surface area contributed by atoms with Crippen LogP contribution in [0.3, 0.4) is 0 Å². The minimum absolute atomic E-state index is 0.146. The van der Waals surface area contributed by atoms with Gasteiger partial charge in [-0.05, 0) is 42.5 Å². The Labute approximate surface area is 158 Å². The predicted molar refractivity (Wildman–Crippen MR) is 109 cm³/mol. The number of hydrogen-bond donors (Lipinski definition) is 3. The highest BCUT2D eigenvalue weighted by molar-refractivity contribution is 5.86. The van der Waals surface area contributed by atoms with Gasteiger partial charge in [0.25, 0.3) is 0 Å². The Bertz CT molecular complexity index is 973. The van der Waals surface area contributed by atoms with Crippen LogP contribution >= 0.6 is 0 Å². The van der Waals surface area contributed by atoms with E-state index in [4.69, 9.17) is 0 Å². The van der Waals surface area contributed by atoms with Crippen molar-refractivity contribution in [3.8, 4) is 5.75 Å². The van der Waals surface area contributed by atoms with E-state index in [2.05, 4.69) is 28.2 Å². The molecular weight excluding hydrogens is 338 g/mol. The van der Waals surface area contributed by atoms with Gasteiger partial charge in [-0.15, -0.1) is 6.58 Å². The molecule has 5 nitrogen and oxygen atoms in total. The summed E-state index contributed by atoms with van der Waals surface area (Å²) in [6.45, 7) is 3.67. The zero-order valence-corrected chi connectivity index (χ0v) is 15.1. The third kappa shape index (κ3) is 4.64. The standard InChI is InChI=1S/C22H23N3O2/c1-2-7-16-8-5-10-18(22(16)27)15-24-25-21(26)13-6-9-17-14-23-20-12-4-3-11-19(17)20/h2-5,8,10-12,14-15,23,27H,1,6-7,9,13H2,(H,25,26)/b24-15+. The highest BCUT2D eigenvalue weighted by Crippen LogP contribution is 2.21. The fourth-order valence-corrected chi connectivity index (χ4v) is 3.04. The van der Waals surface area contributed by atoms with Gasteiger partial charge in [0.2, 0.25) is 5.91 Å². The Morgan fingerprint density at radius 3 is 2.89 bits per heavy atom. The molecule has 1 aromatic heterocycles. The fourth-order valence-electron chi connectivity index (χ4n) is 3.04. The van der Waals surface area contributed by atoms with Crippen LogP contribution in [-0.2, 0) is 17.6 Å². The van der Waals surface area contributed by atoms with Gasteiger partial charge in [0.1, 0.15) is 5.75 Å². The van der Waals surface area contributed by atoms with Crippen molar-refractivity contribution in [3.05, 3.63) is 78.0 Å². The number of carbonyl (C=O) groups is 1. The highest BCUT2D eigenvalue weighted by Gasteiger charge is 2.06. The summed E-state index contributed by atoms with van der Waals surface area (Å²) in [6.07, 6.45) is 7.71. The maximum Gasteiger partial charge on any atom is 0.240 e. The Morgan fingerprint density at radius 1 is 1.19 bits per heavy atom. The molecule has 0 spiro atoms. The van der Waals surface area contributed by atoms with Crippen molar-refractivity contribution in [2.45, 2.75) is 25.7 Å². The number of para-hydroxylation sites is 2. The molecule has 0 aliphatic rings. The van der Waals surface area contributed by atoms with Crippen LogP contribution in [0.1, 0.15) is 29.5 Å². The number of aromatic nitrogens is 1. The summed E-state index contributed by atoms with van der Waals surface area (Å²) in [5, 5.41) is 15.3. The van der Waals surface area contributed by atoms with E-state index in [9.17, 15) is 9.90 Å². The average molecular weight is 361 g/mol. The minimum Gasteiger partial charge on any atom is -0.507 e. The van der Waals surface area contributed by atoms with Gasteiger partial charge in [-0.25, -0.2) is 5.43 Å². The van der Waals surface area contributed by atoms with Crippen LogP contribution in [0.25, 0.3) is 10.9 Å². The molecule has 0 saturated heterocycles. The number of rotatable bonds is 8. The van der Waals surface area contributed by atoms with Gasteiger partial charge in [0, 0.05) is 29.1 Å². The third-order valence-corrected chi connectivity index (χ3v) is 4.43. The van der Waals surface area contributed by atoms with Gasteiger partial charge in [0.15, 0.2) is 0 Å². The molecule has 0 bridgehead atoms. The Kier molecular flexibility index (Phi) is 6.05. The SMILES string of the molecule is C=CCc1cccc(/C=N/NC(=O)CCCc2c[nH]c3ccccc23)c1O. The number of fused-ring (bicyclic) bond motifs is 1. The van der Waals surface area contributed by atoms with Gasteiger partial charge in [-0.2, -0.15) is 5.10 Å². The summed E-state index contributed by atoms with van der Waals surface area (Å²) in [5.41, 5.74) is 6.18. The largest absolute Gasteiger partial charge is 0.507 e. The molecule has 3 N–H and O–H groups in total. The van der Waals surface area contributed by atoms with E-state index in [0.717, 1.165) is 23.9 Å². The van der Waals surface area contributed by atoms with Gasteiger partial charge in [-0.1, -0.05) is 36.4 Å². The smallest absolute Gasteiger partial charge is 0.240 e. The van der Waals surface area contributed by atoms with Crippen LogP contribution in [0.4, 0.5) is 0 Å². The number of nitrogens with one attached hydrogen (secondary N) is 2. The molecule has 1 heterocycles. The molecule has 0 radical (unpaired) electrons. The monoisotopic (exact) mass is 361 g/mol. The Hall–Kier alpha value is -3.34. The number of phenols is 1. The van der Waals surface area contributed by atoms with Crippen LogP contribution in [0.15, 0.2) is 66.4 Å². The minimum atomic E-state index is -0.146. The van der Waals surface area contributed by atoms with Crippen molar-refractivity contribution in [1.29, 1.82) is 0 Å². The number of carbonyl (C=O) groups excluding carboxylic acids is 1. The molecule has 0 atom stereocenters. The molecule has 27 heavy (non-hydrogen) atoms. The van der Waals surface area contributed by atoms with Crippen molar-refractivity contribution in [2.24, 2.45) is 5.10 Å². The lowest BCUT2D eigenvalue weighted by Crippen LogP contribution is -2.17. The van der Waals surface area contributed by atoms with Crippen molar-refractivity contribution in [1.82, 2.24) is 10.4 Å². The van der Waals surface area contributed by atoms with Crippen LogP contribution in [0, 0.1) is 0 Å². The first-order valence-corrected chi connectivity index (χ1v) is 8.97. The Balaban J connectivity index is 1.49. The molecule has 0 aliphatic carbocycles. The van der Waals surface area contributed by atoms with Crippen molar-refractivity contribution >= 4 is 23.0 Å². The van der Waals surface area contributed by atoms with Crippen molar-refractivity contribution < 1.29 is 9.90 Å². The van der Waals surface area contributed by atoms with E-state index >= 15 is 0 Å². The first-order valence-electron chi connectivity index (χ1n) is 8.97. The van der Waals surface area contributed by atoms with E-state index in [1.54, 1.807) is 12.1 Å². The summed E-state index contributed by atoms with van der Waals surface area (Å²) >= 11 is 0. The van der Waals surface area contributed by atoms with Crippen molar-refractivity contribution in [2.75, 3.05) is 0 Å². The van der Waals surface area contributed by atoms with Gasteiger partial charge in [-0.3, -0.25) is 4.79 Å². The number of hydrogen-bond acceptors (Lipinski definition) is 3. The number of hydrazone groups is 1. The van der Waals surface area contributed by atoms with Gasteiger partial charge in [0.05, 0.1) is 6.21 Å². The molecule has 5 heteroatoms. The zero-order valence-electron chi connectivity index (χ0n) is 15.1.